The van der Waals surface area contributed by atoms with Crippen LogP contribution < -0.4 is 5.32 Å². The van der Waals surface area contributed by atoms with Gasteiger partial charge in [0.15, 0.2) is 0 Å². The molecule has 0 bridgehead atoms. The molecule has 2 fully saturated rings. The summed E-state index contributed by atoms with van der Waals surface area (Å²) in [6.07, 6.45) is 2.97. The van der Waals surface area contributed by atoms with E-state index in [2.05, 4.69) is 37.1 Å². The van der Waals surface area contributed by atoms with Crippen LogP contribution in [0.1, 0.15) is 43.8 Å². The molecule has 4 nitrogen and oxygen atoms in total. The molecule has 0 aromatic carbocycles. The van der Waals surface area contributed by atoms with Crippen LogP contribution in [0.4, 0.5) is 0 Å². The predicted octanol–water partition coefficient (Wildman–Crippen LogP) is 2.45. The van der Waals surface area contributed by atoms with Gasteiger partial charge in [0.2, 0.25) is 0 Å². The summed E-state index contributed by atoms with van der Waals surface area (Å²) in [4.78, 5) is 2.45. The average molecular weight is 278 g/mol. The Morgan fingerprint density at radius 2 is 2.15 bits per heavy atom. The van der Waals surface area contributed by atoms with E-state index in [-0.39, 0.29) is 0 Å². The van der Waals surface area contributed by atoms with Gasteiger partial charge in [0.25, 0.3) is 0 Å². The summed E-state index contributed by atoms with van der Waals surface area (Å²) in [5, 5.41) is 3.55. The van der Waals surface area contributed by atoms with E-state index in [4.69, 9.17) is 9.15 Å². The maximum absolute atomic E-state index is 5.93. The van der Waals surface area contributed by atoms with Gasteiger partial charge in [0.05, 0.1) is 19.3 Å². The Bertz CT molecular complexity index is 453. The fraction of sp³-hybridized carbons (Fsp3) is 0.750. The lowest BCUT2D eigenvalue weighted by atomic mass is 10.2. The van der Waals surface area contributed by atoms with Gasteiger partial charge in [-0.05, 0) is 39.7 Å². The molecule has 2 heterocycles. The van der Waals surface area contributed by atoms with Gasteiger partial charge in [-0.1, -0.05) is 0 Å². The highest BCUT2D eigenvalue weighted by Gasteiger charge is 2.25. The molecule has 2 atom stereocenters. The third kappa shape index (κ3) is 3.43. The zero-order chi connectivity index (χ0) is 14.1. The van der Waals surface area contributed by atoms with Crippen molar-refractivity contribution in [3.63, 3.8) is 0 Å². The van der Waals surface area contributed by atoms with E-state index >= 15 is 0 Å². The number of rotatable bonds is 5. The zero-order valence-corrected chi connectivity index (χ0v) is 12.8. The first-order valence-electron chi connectivity index (χ1n) is 7.79. The third-order valence-corrected chi connectivity index (χ3v) is 4.33. The molecule has 0 amide bonds. The summed E-state index contributed by atoms with van der Waals surface area (Å²) in [6, 6.07) is 3.43. The minimum absolute atomic E-state index is 0.318. The molecule has 112 valence electrons. The first kappa shape index (κ1) is 14.1. The SMILES string of the molecule is Cc1oc(CN2CC(C)OCC2C)cc1CNC1CC1. The maximum Gasteiger partial charge on any atom is 0.118 e. The number of ether oxygens (including phenoxy) is 1. The van der Waals surface area contributed by atoms with Gasteiger partial charge in [-0.15, -0.1) is 0 Å². The number of nitrogens with zero attached hydrogens (tertiary/aromatic N) is 1. The minimum atomic E-state index is 0.318. The van der Waals surface area contributed by atoms with Crippen molar-refractivity contribution in [1.82, 2.24) is 10.2 Å². The number of morpholine rings is 1. The Morgan fingerprint density at radius 1 is 1.35 bits per heavy atom. The second-order valence-corrected chi connectivity index (χ2v) is 6.37. The highest BCUT2D eigenvalue weighted by Crippen LogP contribution is 2.22. The molecule has 20 heavy (non-hydrogen) atoms. The lowest BCUT2D eigenvalue weighted by Crippen LogP contribution is -2.46. The zero-order valence-electron chi connectivity index (χ0n) is 12.8. The van der Waals surface area contributed by atoms with Crippen molar-refractivity contribution in [2.24, 2.45) is 0 Å². The largest absolute Gasteiger partial charge is 0.465 e. The third-order valence-electron chi connectivity index (χ3n) is 4.33. The van der Waals surface area contributed by atoms with Crippen molar-refractivity contribution >= 4 is 0 Å². The van der Waals surface area contributed by atoms with Crippen LogP contribution in [0.25, 0.3) is 0 Å². The first-order valence-corrected chi connectivity index (χ1v) is 7.79. The molecular weight excluding hydrogens is 252 g/mol. The van der Waals surface area contributed by atoms with Crippen LogP contribution in [0.3, 0.4) is 0 Å². The maximum atomic E-state index is 5.93. The number of aryl methyl sites for hydroxylation is 1. The highest BCUT2D eigenvalue weighted by atomic mass is 16.5. The normalized spacial score (nSPS) is 27.9. The lowest BCUT2D eigenvalue weighted by Gasteiger charge is -2.36. The molecule has 4 heteroatoms. The fourth-order valence-electron chi connectivity index (χ4n) is 2.78. The van der Waals surface area contributed by atoms with E-state index in [0.717, 1.165) is 43.8 Å². The quantitative estimate of drug-likeness (QED) is 0.898. The second-order valence-electron chi connectivity index (χ2n) is 6.37. The van der Waals surface area contributed by atoms with E-state index in [9.17, 15) is 0 Å². The van der Waals surface area contributed by atoms with Gasteiger partial charge in [-0.3, -0.25) is 4.90 Å². The van der Waals surface area contributed by atoms with Gasteiger partial charge in [-0.2, -0.15) is 0 Å². The summed E-state index contributed by atoms with van der Waals surface area (Å²) in [5.41, 5.74) is 1.31. The molecule has 0 spiro atoms. The Morgan fingerprint density at radius 3 is 2.90 bits per heavy atom. The summed E-state index contributed by atoms with van der Waals surface area (Å²) in [7, 11) is 0. The summed E-state index contributed by atoms with van der Waals surface area (Å²) in [5.74, 6) is 2.14. The van der Waals surface area contributed by atoms with E-state index in [1.807, 2.05) is 0 Å². The van der Waals surface area contributed by atoms with E-state index in [1.54, 1.807) is 0 Å². The van der Waals surface area contributed by atoms with E-state index < -0.39 is 0 Å². The average Bonchev–Trinajstić information content (AvgIpc) is 3.16. The summed E-state index contributed by atoms with van der Waals surface area (Å²) >= 11 is 0. The molecule has 1 aromatic heterocycles. The van der Waals surface area contributed by atoms with Crippen molar-refractivity contribution in [2.45, 2.75) is 64.9 Å². The van der Waals surface area contributed by atoms with Crippen LogP contribution in [0.5, 0.6) is 0 Å². The predicted molar refractivity (Wildman–Crippen MR) is 78.6 cm³/mol. The van der Waals surface area contributed by atoms with Crippen molar-refractivity contribution in [1.29, 1.82) is 0 Å². The molecule has 1 aliphatic carbocycles. The minimum Gasteiger partial charge on any atom is -0.465 e. The Hall–Kier alpha value is -0.840. The number of furan rings is 1. The number of nitrogens with one attached hydrogen (secondary N) is 1. The van der Waals surface area contributed by atoms with Gasteiger partial charge in [0.1, 0.15) is 11.5 Å². The van der Waals surface area contributed by atoms with Gasteiger partial charge in [-0.25, -0.2) is 0 Å². The molecule has 1 N–H and O–H groups in total. The summed E-state index contributed by atoms with van der Waals surface area (Å²) < 4.78 is 11.6. The second kappa shape index (κ2) is 5.88. The Balaban J connectivity index is 1.59. The molecule has 2 aliphatic rings. The van der Waals surface area contributed by atoms with Crippen molar-refractivity contribution in [3.8, 4) is 0 Å². The van der Waals surface area contributed by atoms with Gasteiger partial charge >= 0.3 is 0 Å². The van der Waals surface area contributed by atoms with Crippen LogP contribution in [-0.4, -0.2) is 36.2 Å². The molecule has 1 saturated heterocycles. The molecule has 3 rings (SSSR count). The Kier molecular flexibility index (Phi) is 4.15. The lowest BCUT2D eigenvalue weighted by molar-refractivity contribution is -0.0546. The van der Waals surface area contributed by atoms with Crippen molar-refractivity contribution in [2.75, 3.05) is 13.2 Å². The number of hydrogen-bond acceptors (Lipinski definition) is 4. The topological polar surface area (TPSA) is 37.6 Å². The molecular formula is C16H26N2O2. The summed E-state index contributed by atoms with van der Waals surface area (Å²) in [6.45, 7) is 10.1. The fourth-order valence-corrected chi connectivity index (χ4v) is 2.78. The van der Waals surface area contributed by atoms with Gasteiger partial charge < -0.3 is 14.5 Å². The van der Waals surface area contributed by atoms with Crippen molar-refractivity contribution < 1.29 is 9.15 Å². The highest BCUT2D eigenvalue weighted by molar-refractivity contribution is 5.21. The molecule has 1 aliphatic heterocycles. The van der Waals surface area contributed by atoms with Gasteiger partial charge in [0, 0.05) is 30.7 Å². The Labute approximate surface area is 121 Å². The smallest absolute Gasteiger partial charge is 0.118 e. The monoisotopic (exact) mass is 278 g/mol. The van der Waals surface area contributed by atoms with Crippen LogP contribution in [-0.2, 0) is 17.8 Å². The standard InChI is InChI=1S/C16H26N2O2/c1-11-10-19-12(2)8-18(11)9-16-6-14(13(3)20-16)7-17-15-4-5-15/h6,11-12,15,17H,4-5,7-10H2,1-3H3. The van der Waals surface area contributed by atoms with Crippen molar-refractivity contribution in [3.05, 3.63) is 23.2 Å². The van der Waals surface area contributed by atoms with Crippen LogP contribution in [0, 0.1) is 6.92 Å². The molecule has 2 unspecified atom stereocenters. The van der Waals surface area contributed by atoms with E-state index in [0.29, 0.717) is 12.1 Å². The molecule has 1 saturated carbocycles. The number of hydrogen-bond donors (Lipinski definition) is 1. The van der Waals surface area contributed by atoms with E-state index in [1.165, 1.54) is 18.4 Å². The molecule has 0 radical (unpaired) electrons. The van der Waals surface area contributed by atoms with Crippen LogP contribution in [0.15, 0.2) is 10.5 Å². The molecule has 1 aromatic rings. The van der Waals surface area contributed by atoms with Crippen LogP contribution in [0.2, 0.25) is 0 Å². The first-order chi connectivity index (χ1) is 9.61. The van der Waals surface area contributed by atoms with Crippen LogP contribution >= 0.6 is 0 Å².